The minimum atomic E-state index is -0.616. The fourth-order valence-electron chi connectivity index (χ4n) is 0. The number of ether oxygens (including phenoxy) is 1. The van der Waals surface area contributed by atoms with E-state index in [1.54, 1.807) is 6.92 Å². The molecule has 0 rings (SSSR count). The first-order chi connectivity index (χ1) is 2.27. The maximum atomic E-state index is 8.14. The summed E-state index contributed by atoms with van der Waals surface area (Å²) in [6.45, 7) is 1.56. The summed E-state index contributed by atoms with van der Waals surface area (Å²) in [4.78, 5) is 0. The third-order valence-electron chi connectivity index (χ3n) is 0.341. The Labute approximate surface area is 51.2 Å². The largest absolute Gasteiger partial charge is 1.00 e. The Morgan fingerprint density at radius 1 is 1.83 bits per heavy atom. The molecule has 0 radical (unpaired) electrons. The Kier molecular flexibility index (Phi) is 8.94. The summed E-state index contributed by atoms with van der Waals surface area (Å²) in [5, 5.41) is 8.14. The minimum Gasteiger partial charge on any atom is -1.00 e. The zero-order valence-corrected chi connectivity index (χ0v) is 4.43. The van der Waals surface area contributed by atoms with E-state index in [1.165, 1.54) is 7.11 Å². The number of aliphatic hydroxyl groups is 1. The quantitative estimate of drug-likeness (QED) is 0.272. The van der Waals surface area contributed by atoms with E-state index in [-0.39, 0.29) is 20.3 Å². The molecule has 1 atom stereocenters. The molecule has 0 aliphatic carbocycles. The Morgan fingerprint density at radius 3 is 2.00 bits per heavy atom. The van der Waals surface area contributed by atoms with Gasteiger partial charge in [-0.25, -0.2) is 0 Å². The minimum absolute atomic E-state index is 0. The fourth-order valence-corrected chi connectivity index (χ4v) is 0. The van der Waals surface area contributed by atoms with Crippen LogP contribution in [0.1, 0.15) is 8.35 Å². The van der Waals surface area contributed by atoms with Gasteiger partial charge < -0.3 is 11.3 Å². The molecule has 0 saturated heterocycles. The normalized spacial score (nSPS) is 12.5. The van der Waals surface area contributed by atoms with Gasteiger partial charge in [-0.05, 0) is 6.92 Å². The molecule has 0 spiro atoms. The maximum absolute atomic E-state index is 8.14. The van der Waals surface area contributed by atoms with Gasteiger partial charge in [-0.3, -0.25) is 0 Å². The molecule has 3 heteroatoms. The van der Waals surface area contributed by atoms with Crippen molar-refractivity contribution < 1.29 is 30.1 Å². The van der Waals surface area contributed by atoms with Crippen molar-refractivity contribution in [3.8, 4) is 0 Å². The molecule has 0 bridgehead atoms. The molecule has 0 amide bonds. The standard InChI is InChI=1S/C3H8O2.Li.H/c1-3(4)5-2;;/h3-4H,1-2H3;;/q;+1;-1. The summed E-state index contributed by atoms with van der Waals surface area (Å²) in [5.41, 5.74) is 0. The average Bonchev–Trinajstić information content (AvgIpc) is 1.38. The van der Waals surface area contributed by atoms with Gasteiger partial charge in [0.25, 0.3) is 0 Å². The summed E-state index contributed by atoms with van der Waals surface area (Å²) in [6, 6.07) is 0. The summed E-state index contributed by atoms with van der Waals surface area (Å²) in [7, 11) is 1.45. The van der Waals surface area contributed by atoms with Crippen molar-refractivity contribution in [2.24, 2.45) is 0 Å². The SMILES string of the molecule is COC(C)O.[H-].[Li+]. The molecule has 0 heterocycles. The molecule has 6 heavy (non-hydrogen) atoms. The van der Waals surface area contributed by atoms with Crippen LogP contribution in [0.25, 0.3) is 0 Å². The van der Waals surface area contributed by atoms with E-state index < -0.39 is 6.29 Å². The van der Waals surface area contributed by atoms with E-state index in [1.807, 2.05) is 0 Å². The topological polar surface area (TPSA) is 29.5 Å². The van der Waals surface area contributed by atoms with Crippen molar-refractivity contribution in [3.05, 3.63) is 0 Å². The first kappa shape index (κ1) is 9.72. The fraction of sp³-hybridized carbons (Fsp3) is 1.00. The zero-order valence-electron chi connectivity index (χ0n) is 5.43. The molecular weight excluding hydrogens is 75.0 g/mol. The molecule has 0 aromatic rings. The van der Waals surface area contributed by atoms with Gasteiger partial charge in [0, 0.05) is 7.11 Å². The molecule has 0 aromatic heterocycles. The molecular formula is C3H9LiO2. The van der Waals surface area contributed by atoms with E-state index >= 15 is 0 Å². The first-order valence-corrected chi connectivity index (χ1v) is 1.48. The first-order valence-electron chi connectivity index (χ1n) is 1.48. The van der Waals surface area contributed by atoms with Gasteiger partial charge in [0.15, 0.2) is 6.29 Å². The summed E-state index contributed by atoms with van der Waals surface area (Å²) in [6.07, 6.45) is -0.616. The van der Waals surface area contributed by atoms with E-state index in [4.69, 9.17) is 5.11 Å². The van der Waals surface area contributed by atoms with Crippen molar-refractivity contribution in [3.63, 3.8) is 0 Å². The van der Waals surface area contributed by atoms with Crippen LogP contribution in [0, 0.1) is 0 Å². The van der Waals surface area contributed by atoms with E-state index in [9.17, 15) is 0 Å². The monoisotopic (exact) mass is 84.1 g/mol. The maximum Gasteiger partial charge on any atom is 1.00 e. The summed E-state index contributed by atoms with van der Waals surface area (Å²) in [5.74, 6) is 0. The average molecular weight is 84.0 g/mol. The van der Waals surface area contributed by atoms with Crippen molar-refractivity contribution in [2.45, 2.75) is 13.2 Å². The summed E-state index contributed by atoms with van der Waals surface area (Å²) >= 11 is 0. The molecule has 0 saturated carbocycles. The number of rotatable bonds is 1. The predicted octanol–water partition coefficient (Wildman–Crippen LogP) is -2.91. The van der Waals surface area contributed by atoms with Crippen LogP contribution in [0.15, 0.2) is 0 Å². The van der Waals surface area contributed by atoms with Gasteiger partial charge in [-0.15, -0.1) is 0 Å². The van der Waals surface area contributed by atoms with Crippen LogP contribution < -0.4 is 18.9 Å². The second-order valence-corrected chi connectivity index (χ2v) is 0.835. The second-order valence-electron chi connectivity index (χ2n) is 0.835. The van der Waals surface area contributed by atoms with Gasteiger partial charge in [0.2, 0.25) is 0 Å². The third kappa shape index (κ3) is 8.82. The smallest absolute Gasteiger partial charge is 1.00 e. The molecule has 0 aromatic carbocycles. The zero-order chi connectivity index (χ0) is 4.28. The van der Waals surface area contributed by atoms with Crippen LogP contribution in [0.2, 0.25) is 0 Å². The second kappa shape index (κ2) is 5.52. The molecule has 1 unspecified atom stereocenters. The van der Waals surface area contributed by atoms with E-state index in [2.05, 4.69) is 4.74 Å². The van der Waals surface area contributed by atoms with Crippen molar-refractivity contribution in [1.82, 2.24) is 0 Å². The van der Waals surface area contributed by atoms with Gasteiger partial charge in [-0.2, -0.15) is 0 Å². The van der Waals surface area contributed by atoms with Crippen molar-refractivity contribution >= 4 is 0 Å². The van der Waals surface area contributed by atoms with Crippen LogP contribution in [-0.2, 0) is 4.74 Å². The van der Waals surface area contributed by atoms with E-state index in [0.717, 1.165) is 0 Å². The van der Waals surface area contributed by atoms with Gasteiger partial charge in [0.1, 0.15) is 0 Å². The Morgan fingerprint density at radius 2 is 2.00 bits per heavy atom. The van der Waals surface area contributed by atoms with Gasteiger partial charge in [0.05, 0.1) is 0 Å². The molecule has 0 aliphatic heterocycles. The molecule has 0 aliphatic rings. The van der Waals surface area contributed by atoms with Crippen LogP contribution in [0.4, 0.5) is 0 Å². The van der Waals surface area contributed by atoms with E-state index in [0.29, 0.717) is 0 Å². The van der Waals surface area contributed by atoms with Gasteiger partial charge in [-0.1, -0.05) is 0 Å². The Bertz CT molecular complexity index is 26.9. The summed E-state index contributed by atoms with van der Waals surface area (Å²) < 4.78 is 4.31. The molecule has 2 nitrogen and oxygen atoms in total. The predicted molar refractivity (Wildman–Crippen MR) is 19.8 cm³/mol. The number of aliphatic hydroxyl groups excluding tert-OH is 1. The van der Waals surface area contributed by atoms with Crippen LogP contribution in [0.5, 0.6) is 0 Å². The van der Waals surface area contributed by atoms with Crippen LogP contribution >= 0.6 is 0 Å². The molecule has 34 valence electrons. The Balaban J connectivity index is -0.0000000800. The Hall–Kier alpha value is 0.517. The van der Waals surface area contributed by atoms with Crippen LogP contribution in [0.3, 0.4) is 0 Å². The molecule has 0 fully saturated rings. The third-order valence-corrected chi connectivity index (χ3v) is 0.341. The van der Waals surface area contributed by atoms with Gasteiger partial charge >= 0.3 is 18.9 Å². The number of methoxy groups -OCH3 is 1. The molecule has 1 N–H and O–H groups in total. The van der Waals surface area contributed by atoms with Crippen molar-refractivity contribution in [2.75, 3.05) is 7.11 Å². The van der Waals surface area contributed by atoms with Crippen molar-refractivity contribution in [1.29, 1.82) is 0 Å². The number of hydrogen-bond acceptors (Lipinski definition) is 2. The number of hydrogen-bond donors (Lipinski definition) is 1. The van der Waals surface area contributed by atoms with Crippen LogP contribution in [-0.4, -0.2) is 18.5 Å².